The van der Waals surface area contributed by atoms with E-state index in [9.17, 15) is 8.42 Å². The average molecular weight is 486 g/mol. The van der Waals surface area contributed by atoms with E-state index in [0.29, 0.717) is 11.4 Å². The van der Waals surface area contributed by atoms with Crippen molar-refractivity contribution in [3.63, 3.8) is 0 Å². The first kappa shape index (κ1) is 23.2. The summed E-state index contributed by atoms with van der Waals surface area (Å²) in [5.41, 5.74) is 3.85. The summed E-state index contributed by atoms with van der Waals surface area (Å²) in [5.74, 6) is 0.927. The molecule has 2 aromatic carbocycles. The number of aromatic nitrogens is 4. The number of rotatable bonds is 5. The summed E-state index contributed by atoms with van der Waals surface area (Å²) in [6.45, 7) is 3.88. The lowest BCUT2D eigenvalue weighted by Crippen LogP contribution is -2.46. The predicted octanol–water partition coefficient (Wildman–Crippen LogP) is 3.28. The summed E-state index contributed by atoms with van der Waals surface area (Å²) in [4.78, 5) is 14.0. The molecule has 1 N–H and O–H groups in total. The van der Waals surface area contributed by atoms with E-state index in [-0.39, 0.29) is 13.8 Å². The number of anilines is 1. The van der Waals surface area contributed by atoms with Gasteiger partial charge in [-0.25, -0.2) is 18.4 Å². The van der Waals surface area contributed by atoms with Gasteiger partial charge < -0.3 is 6.33 Å². The number of sulfone groups is 1. The topological polar surface area (TPSA) is 95.1 Å². The highest BCUT2D eigenvalue weighted by molar-refractivity contribution is 7.90. The second-order valence-corrected chi connectivity index (χ2v) is 10.0. The zero-order valence-corrected chi connectivity index (χ0v) is 19.8. The van der Waals surface area contributed by atoms with Gasteiger partial charge in [0.05, 0.1) is 16.6 Å². The molecule has 0 unspecified atom stereocenters. The van der Waals surface area contributed by atoms with Crippen LogP contribution >= 0.6 is 12.4 Å². The molecular formula is C23H26ClN6O2S-. The van der Waals surface area contributed by atoms with Crippen LogP contribution in [0, 0.1) is 0 Å². The molecule has 3 heterocycles. The van der Waals surface area contributed by atoms with Gasteiger partial charge in [-0.2, -0.15) is 5.10 Å². The molecule has 1 aliphatic rings. The summed E-state index contributed by atoms with van der Waals surface area (Å²) in [7, 11) is -3.25. The number of hydrogen-bond acceptors (Lipinski definition) is 7. The number of nitrogens with zero attached hydrogens (tertiary/aromatic N) is 5. The molecule has 0 spiro atoms. The molecule has 8 nitrogen and oxygen atoms in total. The smallest absolute Gasteiger partial charge is 0.175 e. The van der Waals surface area contributed by atoms with E-state index in [1.807, 2.05) is 30.5 Å². The van der Waals surface area contributed by atoms with Crippen molar-refractivity contribution in [1.29, 1.82) is 0 Å². The molecule has 0 radical (unpaired) electrons. The monoisotopic (exact) mass is 485 g/mol. The Kier molecular flexibility index (Phi) is 6.64. The molecule has 0 atom stereocenters. The number of benzene rings is 2. The van der Waals surface area contributed by atoms with Gasteiger partial charge >= 0.3 is 0 Å². The van der Waals surface area contributed by atoms with Crippen molar-refractivity contribution in [3.8, 4) is 11.1 Å². The Labute approximate surface area is 200 Å². The van der Waals surface area contributed by atoms with Crippen LogP contribution in [0.15, 0.2) is 66.1 Å². The van der Waals surface area contributed by atoms with Crippen LogP contribution in [-0.4, -0.2) is 65.9 Å². The van der Waals surface area contributed by atoms with Crippen LogP contribution in [-0.2, 0) is 16.4 Å². The second kappa shape index (κ2) is 9.46. The van der Waals surface area contributed by atoms with Gasteiger partial charge in [-0.15, -0.1) is 12.4 Å². The van der Waals surface area contributed by atoms with Gasteiger partial charge in [0.2, 0.25) is 0 Å². The first-order valence-electron chi connectivity index (χ1n) is 10.5. The van der Waals surface area contributed by atoms with Crippen molar-refractivity contribution < 1.29 is 9.84 Å². The highest BCUT2D eigenvalue weighted by Gasteiger charge is 2.22. The molecule has 1 fully saturated rings. The summed E-state index contributed by atoms with van der Waals surface area (Å²) in [5, 5.41) is 7.92. The first-order chi connectivity index (χ1) is 15.5. The molecule has 0 amide bonds. The van der Waals surface area contributed by atoms with E-state index in [1.165, 1.54) is 6.26 Å². The van der Waals surface area contributed by atoms with E-state index in [0.717, 1.165) is 59.6 Å². The van der Waals surface area contributed by atoms with Gasteiger partial charge in [0.15, 0.2) is 9.84 Å². The van der Waals surface area contributed by atoms with Crippen molar-refractivity contribution in [3.05, 3.63) is 66.7 Å². The van der Waals surface area contributed by atoms with Gasteiger partial charge in [-0.1, -0.05) is 24.3 Å². The predicted molar refractivity (Wildman–Crippen MR) is 133 cm³/mol. The lowest BCUT2D eigenvalue weighted by atomic mass is 10.1. The van der Waals surface area contributed by atoms with E-state index < -0.39 is 9.84 Å². The molecule has 0 saturated carbocycles. The van der Waals surface area contributed by atoms with Crippen molar-refractivity contribution in [2.75, 3.05) is 37.3 Å². The van der Waals surface area contributed by atoms with E-state index in [4.69, 9.17) is 0 Å². The maximum Gasteiger partial charge on any atom is 0.175 e. The van der Waals surface area contributed by atoms with Gasteiger partial charge in [0.25, 0.3) is 0 Å². The molecule has 1 aliphatic heterocycles. The fraction of sp³-hybridized carbons (Fsp3) is 0.261. The molecule has 174 valence electrons. The molecular weight excluding hydrogens is 460 g/mol. The Morgan fingerprint density at radius 3 is 2.55 bits per heavy atom. The number of aromatic amines is 1. The molecule has 5 rings (SSSR count). The van der Waals surface area contributed by atoms with Crippen LogP contribution in [0.5, 0.6) is 0 Å². The number of halogens is 1. The highest BCUT2D eigenvalue weighted by Crippen LogP contribution is 2.29. The molecule has 0 bridgehead atoms. The van der Waals surface area contributed by atoms with Gasteiger partial charge in [-0.3, -0.25) is 10.00 Å². The third-order valence-electron chi connectivity index (χ3n) is 5.88. The Hall–Kier alpha value is -3.01. The lowest BCUT2D eigenvalue weighted by Gasteiger charge is -2.36. The number of fused-ring (bicyclic) bond motifs is 1. The summed E-state index contributed by atoms with van der Waals surface area (Å²) in [6.07, 6.45) is 6.56. The minimum atomic E-state index is -3.25. The third-order valence-corrected chi connectivity index (χ3v) is 7.08. The van der Waals surface area contributed by atoms with Crippen molar-refractivity contribution >= 4 is 39.0 Å². The molecule has 33 heavy (non-hydrogen) atoms. The fourth-order valence-corrected chi connectivity index (χ4v) is 5.17. The minimum absolute atomic E-state index is 0. The maximum atomic E-state index is 12.1. The zero-order valence-electron chi connectivity index (χ0n) is 19.2. The molecule has 10 heteroatoms. The van der Waals surface area contributed by atoms with Crippen LogP contribution in [0.2, 0.25) is 0 Å². The minimum Gasteiger partial charge on any atom is -1.00 e. The zero-order chi connectivity index (χ0) is 22.1. The standard InChI is InChI=1S/C23H24N6O2S.ClH.H/c1-32(30,31)22-5-3-2-4-18(22)15-28-8-10-29(11-9-28)23-20-12-17(19-13-26-27-14-19)6-7-21(20)24-16-25-23;;/h2-7,12-14,16H,8-11,15H2,1H3,(H,26,27);1H;/q;;-1. The van der Waals surface area contributed by atoms with Crippen LogP contribution in [0.4, 0.5) is 5.82 Å². The molecule has 0 aliphatic carbocycles. The summed E-state index contributed by atoms with van der Waals surface area (Å²) in [6, 6.07) is 13.4. The molecule has 4 aromatic rings. The van der Waals surface area contributed by atoms with Crippen molar-refractivity contribution in [2.45, 2.75) is 11.4 Å². The SMILES string of the molecule is CS(=O)(=O)c1ccccc1CN1CCN(c2ncnc3ccc(-c4cn[nH]c4)cc23)CC1.Cl.[H-]. The van der Waals surface area contributed by atoms with Crippen molar-refractivity contribution in [1.82, 2.24) is 25.1 Å². The summed E-state index contributed by atoms with van der Waals surface area (Å²) < 4.78 is 24.2. The van der Waals surface area contributed by atoms with Crippen LogP contribution < -0.4 is 4.90 Å². The quantitative estimate of drug-likeness (QED) is 0.463. The first-order valence-corrected chi connectivity index (χ1v) is 12.4. The van der Waals surface area contributed by atoms with E-state index >= 15 is 0 Å². The van der Waals surface area contributed by atoms with E-state index in [1.54, 1.807) is 24.7 Å². The van der Waals surface area contributed by atoms with Gasteiger partial charge in [0, 0.05) is 56.1 Å². The Bertz CT molecular complexity index is 1360. The number of piperazine rings is 1. The maximum absolute atomic E-state index is 12.1. The van der Waals surface area contributed by atoms with Gasteiger partial charge in [-0.05, 0) is 29.3 Å². The largest absolute Gasteiger partial charge is 1.00 e. The highest BCUT2D eigenvalue weighted by atomic mass is 35.5. The number of H-pyrrole nitrogens is 1. The third kappa shape index (κ3) is 4.85. The number of hydrogen-bond donors (Lipinski definition) is 1. The van der Waals surface area contributed by atoms with Crippen molar-refractivity contribution in [2.24, 2.45) is 0 Å². The second-order valence-electron chi connectivity index (χ2n) is 8.06. The average Bonchev–Trinajstić information content (AvgIpc) is 3.34. The fourth-order valence-electron chi connectivity index (χ4n) is 4.24. The Balaban J connectivity index is 0.00000162. The van der Waals surface area contributed by atoms with Gasteiger partial charge in [0.1, 0.15) is 12.1 Å². The molecule has 1 saturated heterocycles. The number of nitrogens with one attached hydrogen (secondary N) is 1. The Morgan fingerprint density at radius 1 is 1.03 bits per heavy atom. The normalized spacial score (nSPS) is 14.9. The lowest BCUT2D eigenvalue weighted by molar-refractivity contribution is 0.247. The molecule has 2 aromatic heterocycles. The van der Waals surface area contributed by atoms with Crippen LogP contribution in [0.25, 0.3) is 22.0 Å². The summed E-state index contributed by atoms with van der Waals surface area (Å²) >= 11 is 0. The van der Waals surface area contributed by atoms with Crippen LogP contribution in [0.3, 0.4) is 0 Å². The van der Waals surface area contributed by atoms with Crippen LogP contribution in [0.1, 0.15) is 6.99 Å². The Morgan fingerprint density at radius 2 is 1.82 bits per heavy atom. The van der Waals surface area contributed by atoms with E-state index in [2.05, 4.69) is 36.0 Å².